The van der Waals surface area contributed by atoms with Crippen LogP contribution in [-0.4, -0.2) is 34.0 Å². The predicted octanol–water partition coefficient (Wildman–Crippen LogP) is 2.90. The number of pyridine rings is 1. The summed E-state index contributed by atoms with van der Waals surface area (Å²) >= 11 is 0. The number of rotatable bonds is 3. The molecule has 158 valence electrons. The van der Waals surface area contributed by atoms with E-state index in [4.69, 9.17) is 0 Å². The van der Waals surface area contributed by atoms with Gasteiger partial charge in [-0.2, -0.15) is 44.1 Å². The van der Waals surface area contributed by atoms with Gasteiger partial charge in [-0.25, -0.2) is 16.8 Å². The van der Waals surface area contributed by atoms with Crippen molar-refractivity contribution < 1.29 is 60.9 Å². The van der Waals surface area contributed by atoms with Crippen LogP contribution in [0, 0.1) is 6.92 Å². The maximum absolute atomic E-state index is 11.8. The van der Waals surface area contributed by atoms with Gasteiger partial charge in [-0.15, -0.1) is 0 Å². The Bertz CT molecular complexity index is 783. The van der Waals surface area contributed by atoms with Gasteiger partial charge in [0.2, 0.25) is 6.54 Å². The highest BCUT2D eigenvalue weighted by atomic mass is 32.3. The first-order chi connectivity index (χ1) is 11.7. The average molecular weight is 456 g/mol. The fraction of sp³-hybridized carbons (Fsp3) is 0.500. The largest absolute Gasteiger partial charge is 0.480 e. The first-order valence-corrected chi connectivity index (χ1v) is 8.95. The zero-order valence-corrected chi connectivity index (χ0v) is 14.4. The van der Waals surface area contributed by atoms with Gasteiger partial charge in [0.05, 0.1) is 0 Å². The molecule has 1 rings (SSSR count). The van der Waals surface area contributed by atoms with Crippen LogP contribution in [0.2, 0.25) is 0 Å². The third-order valence-electron chi connectivity index (χ3n) is 2.20. The Balaban J connectivity index is 0.000000511. The molecule has 0 unspecified atom stereocenters. The van der Waals surface area contributed by atoms with Crippen LogP contribution in [0.5, 0.6) is 0 Å². The van der Waals surface area contributed by atoms with E-state index in [1.807, 2.05) is 6.92 Å². The molecule has 27 heavy (non-hydrogen) atoms. The smallest absolute Gasteiger partial charge is 0.421 e. The van der Waals surface area contributed by atoms with E-state index in [-0.39, 0.29) is 0 Å². The van der Waals surface area contributed by atoms with Crippen LogP contribution in [0.25, 0.3) is 4.13 Å². The normalized spacial score (nSPS) is 13.7. The molecule has 0 spiro atoms. The highest BCUT2D eigenvalue weighted by Crippen LogP contribution is 2.36. The Morgan fingerprint density at radius 2 is 1.15 bits per heavy atom. The van der Waals surface area contributed by atoms with Crippen LogP contribution < -0.4 is 4.57 Å². The Kier molecular flexibility index (Phi) is 7.68. The molecule has 1 heterocycles. The summed E-state index contributed by atoms with van der Waals surface area (Å²) in [5.41, 5.74) is -11.5. The zero-order chi connectivity index (χ0) is 21.9. The number of nitrogens with zero attached hydrogens (tertiary/aromatic N) is 2. The minimum absolute atomic E-state index is 0.778. The molecule has 0 aliphatic heterocycles. The number of aromatic nitrogens is 1. The van der Waals surface area contributed by atoms with E-state index in [0.717, 1.165) is 14.3 Å². The quantitative estimate of drug-likeness (QED) is 0.517. The highest BCUT2D eigenvalue weighted by Gasteiger charge is 2.46. The van der Waals surface area contributed by atoms with Gasteiger partial charge >= 0.3 is 17.2 Å². The highest BCUT2D eigenvalue weighted by molar-refractivity contribution is 8.13. The van der Waals surface area contributed by atoms with Gasteiger partial charge in [-0.1, -0.05) is 0 Å². The van der Waals surface area contributed by atoms with Crippen molar-refractivity contribution >= 4 is 20.0 Å². The maximum Gasteiger partial charge on any atom is 0.480 e. The Morgan fingerprint density at radius 3 is 1.41 bits per heavy atom. The lowest BCUT2D eigenvalue weighted by atomic mass is 10.3. The second-order valence-electron chi connectivity index (χ2n) is 4.58. The van der Waals surface area contributed by atoms with Crippen molar-refractivity contribution in [3.63, 3.8) is 0 Å². The summed E-state index contributed by atoms with van der Waals surface area (Å²) in [5.74, 6) is 0. The van der Waals surface area contributed by atoms with Gasteiger partial charge in [-0.3, -0.25) is 0 Å². The molecule has 17 heteroatoms. The molecule has 0 saturated carbocycles. The van der Waals surface area contributed by atoms with E-state index < -0.39 is 43.8 Å². The van der Waals surface area contributed by atoms with Crippen LogP contribution in [-0.2, 0) is 26.6 Å². The van der Waals surface area contributed by atoms with E-state index in [0.29, 0.717) is 0 Å². The molecule has 0 aliphatic rings. The summed E-state index contributed by atoms with van der Waals surface area (Å²) in [7, 11) is -13.4. The molecule has 0 aromatic carbocycles. The zero-order valence-electron chi connectivity index (χ0n) is 12.8. The molecule has 6 nitrogen and oxygen atoms in total. The number of alkyl halides is 9. The molecule has 1 aromatic heterocycles. The topological polar surface area (TPSA) is 86.3 Å². The summed E-state index contributed by atoms with van der Waals surface area (Å²) in [4.78, 5) is 0. The minimum Gasteiger partial charge on any atom is -0.421 e. The standard InChI is InChI=1S/C8H9F3N.C2F6NO4S2/c1-7-2-4-12(5-3-7)6-8(9,10)11;3-1(4,5)14(10,11)9-15(12,13)2(6,7)8/h2-5H,6H2,1H3;/q+1;-1. The van der Waals surface area contributed by atoms with Crippen LogP contribution in [0.3, 0.4) is 0 Å². The second kappa shape index (κ2) is 8.17. The SMILES string of the molecule is Cc1cc[n+](CC(F)(F)F)cc1.O=S(=O)([N-]S(=O)(=O)C(F)(F)F)C(F)(F)F. The Hall–Kier alpha value is -1.62. The van der Waals surface area contributed by atoms with Gasteiger partial charge < -0.3 is 4.13 Å². The molecule has 0 N–H and O–H groups in total. The molecule has 0 fully saturated rings. The van der Waals surface area contributed by atoms with Crippen LogP contribution >= 0.6 is 0 Å². The van der Waals surface area contributed by atoms with Crippen LogP contribution in [0.4, 0.5) is 39.5 Å². The number of sulfonamides is 2. The molecule has 1 aromatic rings. The number of hydrogen-bond donors (Lipinski definition) is 0. The molecule has 0 amide bonds. The van der Waals surface area contributed by atoms with Crippen LogP contribution in [0.15, 0.2) is 24.5 Å². The third-order valence-corrected chi connectivity index (χ3v) is 4.94. The third kappa shape index (κ3) is 8.74. The summed E-state index contributed by atoms with van der Waals surface area (Å²) in [6.07, 6.45) is -1.30. The lowest BCUT2D eigenvalue weighted by Gasteiger charge is -2.22. The van der Waals surface area contributed by atoms with E-state index in [1.54, 1.807) is 12.1 Å². The van der Waals surface area contributed by atoms with Crippen molar-refractivity contribution in [3.05, 3.63) is 34.2 Å². The van der Waals surface area contributed by atoms with E-state index >= 15 is 0 Å². The Morgan fingerprint density at radius 1 is 0.815 bits per heavy atom. The van der Waals surface area contributed by atoms with E-state index in [1.165, 1.54) is 12.4 Å². The Labute approximate surface area is 146 Å². The lowest BCUT2D eigenvalue weighted by molar-refractivity contribution is -0.719. The fourth-order valence-corrected chi connectivity index (χ4v) is 2.77. The first-order valence-electron chi connectivity index (χ1n) is 6.07. The van der Waals surface area contributed by atoms with Crippen LogP contribution in [0.1, 0.15) is 5.56 Å². The van der Waals surface area contributed by atoms with Crippen molar-refractivity contribution in [1.29, 1.82) is 0 Å². The summed E-state index contributed by atoms with van der Waals surface area (Å²) in [6.45, 7) is 0.908. The number of aryl methyl sites for hydroxylation is 1. The van der Waals surface area contributed by atoms with Gasteiger partial charge in [-0.05, 0) is 12.5 Å². The molecule has 0 bridgehead atoms. The monoisotopic (exact) mass is 456 g/mol. The summed E-state index contributed by atoms with van der Waals surface area (Å²) < 4.78 is 146. The van der Waals surface area contributed by atoms with Crippen molar-refractivity contribution in [2.24, 2.45) is 0 Å². The van der Waals surface area contributed by atoms with Crippen molar-refractivity contribution in [2.75, 3.05) is 0 Å². The molecule has 0 radical (unpaired) electrons. The van der Waals surface area contributed by atoms with Gasteiger partial charge in [0.15, 0.2) is 32.4 Å². The number of halogens is 9. The fourth-order valence-electron chi connectivity index (χ4n) is 1.06. The average Bonchev–Trinajstić information content (AvgIpc) is 2.37. The van der Waals surface area contributed by atoms with Gasteiger partial charge in [0.25, 0.3) is 0 Å². The molecular weight excluding hydrogens is 447 g/mol. The molecular formula is C10H9F9N2O4S2. The second-order valence-corrected chi connectivity index (χ2v) is 8.00. The van der Waals surface area contributed by atoms with Crippen molar-refractivity contribution in [2.45, 2.75) is 30.7 Å². The van der Waals surface area contributed by atoms with E-state index in [9.17, 15) is 56.3 Å². The van der Waals surface area contributed by atoms with Crippen molar-refractivity contribution in [3.8, 4) is 0 Å². The van der Waals surface area contributed by atoms with Gasteiger partial charge in [0, 0.05) is 12.1 Å². The maximum atomic E-state index is 11.8. The van der Waals surface area contributed by atoms with Gasteiger partial charge in [0.1, 0.15) is 0 Å². The summed E-state index contributed by atoms with van der Waals surface area (Å²) in [6, 6.07) is 3.29. The molecule has 0 saturated heterocycles. The molecule has 0 atom stereocenters. The van der Waals surface area contributed by atoms with Crippen molar-refractivity contribution in [1.82, 2.24) is 0 Å². The van der Waals surface area contributed by atoms with E-state index in [2.05, 4.69) is 0 Å². The predicted molar refractivity (Wildman–Crippen MR) is 70.7 cm³/mol. The first kappa shape index (κ1) is 25.4. The minimum atomic E-state index is -6.72. The lowest BCUT2D eigenvalue weighted by Crippen LogP contribution is -2.40. The molecule has 0 aliphatic carbocycles. The summed E-state index contributed by atoms with van der Waals surface area (Å²) in [5, 5.41) is 0. The number of hydrogen-bond acceptors (Lipinski definition) is 4.